The number of fused-ring (bicyclic) bond motifs is 1. The Hall–Kier alpha value is -3.21. The second kappa shape index (κ2) is 5.21. The molecule has 1 aliphatic heterocycles. The Labute approximate surface area is 131 Å². The molecule has 1 aromatic heterocycles. The van der Waals surface area contributed by atoms with Crippen LogP contribution in [0.2, 0.25) is 0 Å². The molecule has 8 heteroatoms. The molecule has 1 saturated carbocycles. The highest BCUT2D eigenvalue weighted by Gasteiger charge is 2.38. The van der Waals surface area contributed by atoms with Gasteiger partial charge in [-0.1, -0.05) is 6.07 Å². The van der Waals surface area contributed by atoms with E-state index in [1.165, 1.54) is 6.20 Å². The van der Waals surface area contributed by atoms with Crippen LogP contribution in [-0.4, -0.2) is 37.5 Å². The number of hydrogen-bond acceptors (Lipinski definition) is 6. The van der Waals surface area contributed by atoms with Gasteiger partial charge in [-0.2, -0.15) is 10.5 Å². The number of aromatic nitrogens is 4. The Morgan fingerprint density at radius 2 is 2.35 bits per heavy atom. The van der Waals surface area contributed by atoms with Gasteiger partial charge in [0, 0.05) is 35.6 Å². The zero-order valence-corrected chi connectivity index (χ0v) is 12.2. The maximum Gasteiger partial charge on any atom is 0.254 e. The van der Waals surface area contributed by atoms with E-state index in [0.29, 0.717) is 12.6 Å². The molecular formula is C15H13N7O. The first-order chi connectivity index (χ1) is 11.3. The Morgan fingerprint density at radius 1 is 1.48 bits per heavy atom. The lowest BCUT2D eigenvalue weighted by Crippen LogP contribution is -2.25. The lowest BCUT2D eigenvalue weighted by molar-refractivity contribution is 0.0766. The molecule has 0 atom stereocenters. The van der Waals surface area contributed by atoms with Crippen molar-refractivity contribution < 1.29 is 4.79 Å². The summed E-state index contributed by atoms with van der Waals surface area (Å²) in [6, 6.07) is 7.98. The first kappa shape index (κ1) is 13.5. The molecule has 0 unspecified atom stereocenters. The minimum absolute atomic E-state index is 0.0915. The Bertz CT molecular complexity index is 830. The van der Waals surface area contributed by atoms with Crippen molar-refractivity contribution in [3.63, 3.8) is 0 Å². The summed E-state index contributed by atoms with van der Waals surface area (Å²) >= 11 is 0. The largest absolute Gasteiger partial charge is 0.360 e. The fourth-order valence-electron chi connectivity index (χ4n) is 2.74. The minimum Gasteiger partial charge on any atom is -0.360 e. The number of carbonyl (C=O) groups is 1. The number of amides is 1. The molecule has 2 aliphatic rings. The molecule has 2 N–H and O–H groups in total. The number of hydrogen-bond donors (Lipinski definition) is 2. The molecule has 1 amide bonds. The van der Waals surface area contributed by atoms with Crippen molar-refractivity contribution in [3.8, 4) is 6.07 Å². The van der Waals surface area contributed by atoms with E-state index < -0.39 is 0 Å². The quantitative estimate of drug-likeness (QED) is 0.824. The SMILES string of the molecule is N#CC(=CNc1cccc2c1CN(C1CC1)C2=O)c1nn[nH]n1. The normalized spacial score (nSPS) is 17.1. The van der Waals surface area contributed by atoms with Gasteiger partial charge in [0.1, 0.15) is 11.6 Å². The molecule has 2 heterocycles. The van der Waals surface area contributed by atoms with Crippen LogP contribution in [0.4, 0.5) is 5.69 Å². The highest BCUT2D eigenvalue weighted by atomic mass is 16.2. The lowest BCUT2D eigenvalue weighted by Gasteiger charge is -2.13. The monoisotopic (exact) mass is 307 g/mol. The number of benzene rings is 1. The van der Waals surface area contributed by atoms with Crippen molar-refractivity contribution in [2.75, 3.05) is 5.32 Å². The van der Waals surface area contributed by atoms with E-state index >= 15 is 0 Å². The van der Waals surface area contributed by atoms with Gasteiger partial charge in [-0.05, 0) is 30.2 Å². The average Bonchev–Trinajstić information content (AvgIpc) is 3.15. The van der Waals surface area contributed by atoms with Gasteiger partial charge in [0.15, 0.2) is 0 Å². The van der Waals surface area contributed by atoms with Crippen molar-refractivity contribution in [2.24, 2.45) is 0 Å². The van der Waals surface area contributed by atoms with Gasteiger partial charge in [0.25, 0.3) is 5.91 Å². The van der Waals surface area contributed by atoms with Crippen LogP contribution < -0.4 is 5.32 Å². The molecule has 0 radical (unpaired) electrons. The Morgan fingerprint density at radius 3 is 3.04 bits per heavy atom. The van der Waals surface area contributed by atoms with Crippen LogP contribution in [0, 0.1) is 11.3 Å². The van der Waals surface area contributed by atoms with Gasteiger partial charge >= 0.3 is 0 Å². The average molecular weight is 307 g/mol. The van der Waals surface area contributed by atoms with Crippen LogP contribution in [0.5, 0.6) is 0 Å². The summed E-state index contributed by atoms with van der Waals surface area (Å²) in [5.74, 6) is 0.317. The van der Waals surface area contributed by atoms with E-state index in [1.807, 2.05) is 29.2 Å². The molecule has 1 aliphatic carbocycles. The van der Waals surface area contributed by atoms with Gasteiger partial charge in [-0.25, -0.2) is 0 Å². The van der Waals surface area contributed by atoms with E-state index in [9.17, 15) is 10.1 Å². The highest BCUT2D eigenvalue weighted by molar-refractivity contribution is 6.00. The summed E-state index contributed by atoms with van der Waals surface area (Å²) in [6.07, 6.45) is 3.70. The minimum atomic E-state index is 0.0915. The topological polar surface area (TPSA) is 111 Å². The van der Waals surface area contributed by atoms with Gasteiger partial charge < -0.3 is 10.2 Å². The molecule has 23 heavy (non-hydrogen) atoms. The summed E-state index contributed by atoms with van der Waals surface area (Å²) < 4.78 is 0. The van der Waals surface area contributed by atoms with Crippen molar-refractivity contribution in [1.29, 1.82) is 5.26 Å². The van der Waals surface area contributed by atoms with E-state index in [0.717, 1.165) is 29.7 Å². The van der Waals surface area contributed by atoms with E-state index in [2.05, 4.69) is 25.9 Å². The summed E-state index contributed by atoms with van der Waals surface area (Å²) in [4.78, 5) is 14.3. The standard InChI is InChI=1S/C15H13N7O/c16-6-9(14-18-20-21-19-14)7-17-13-3-1-2-11-12(13)8-22(15(11)23)10-4-5-10/h1-3,7,10,17H,4-5,8H2,(H,18,19,20,21). The zero-order chi connectivity index (χ0) is 15.8. The van der Waals surface area contributed by atoms with Crippen molar-refractivity contribution in [3.05, 3.63) is 41.4 Å². The first-order valence-corrected chi connectivity index (χ1v) is 7.31. The second-order valence-corrected chi connectivity index (χ2v) is 5.55. The van der Waals surface area contributed by atoms with Crippen molar-refractivity contribution >= 4 is 17.2 Å². The molecule has 114 valence electrons. The van der Waals surface area contributed by atoms with Crippen LogP contribution in [0.25, 0.3) is 5.57 Å². The number of H-pyrrole nitrogens is 1. The Balaban J connectivity index is 1.62. The van der Waals surface area contributed by atoms with Gasteiger partial charge in [-0.3, -0.25) is 4.79 Å². The third kappa shape index (κ3) is 2.32. The number of rotatable bonds is 4. The Kier molecular flexibility index (Phi) is 3.05. The number of nitrogens with zero attached hydrogens (tertiary/aromatic N) is 5. The van der Waals surface area contributed by atoms with E-state index in [4.69, 9.17) is 0 Å². The van der Waals surface area contributed by atoms with Crippen LogP contribution >= 0.6 is 0 Å². The van der Waals surface area contributed by atoms with Gasteiger partial charge in [-0.15, -0.1) is 10.2 Å². The predicted octanol–water partition coefficient (Wildman–Crippen LogP) is 1.29. The zero-order valence-electron chi connectivity index (χ0n) is 12.2. The maximum absolute atomic E-state index is 12.4. The number of tetrazole rings is 1. The second-order valence-electron chi connectivity index (χ2n) is 5.55. The number of carbonyl (C=O) groups excluding carboxylic acids is 1. The first-order valence-electron chi connectivity index (χ1n) is 7.31. The number of allylic oxidation sites excluding steroid dienone is 1. The number of nitriles is 1. The van der Waals surface area contributed by atoms with Crippen LogP contribution in [-0.2, 0) is 6.54 Å². The molecule has 1 fully saturated rings. The summed E-state index contributed by atoms with van der Waals surface area (Å²) in [5, 5.41) is 25.6. The third-order valence-electron chi connectivity index (χ3n) is 4.06. The smallest absolute Gasteiger partial charge is 0.254 e. The van der Waals surface area contributed by atoms with Crippen molar-refractivity contribution in [2.45, 2.75) is 25.4 Å². The number of aromatic amines is 1. The predicted molar refractivity (Wildman–Crippen MR) is 80.7 cm³/mol. The van der Waals surface area contributed by atoms with Crippen LogP contribution in [0.1, 0.15) is 34.6 Å². The maximum atomic E-state index is 12.4. The van der Waals surface area contributed by atoms with Crippen LogP contribution in [0.3, 0.4) is 0 Å². The summed E-state index contributed by atoms with van der Waals surface area (Å²) in [6.45, 7) is 0.611. The molecular weight excluding hydrogens is 294 g/mol. The molecule has 0 saturated heterocycles. The molecule has 2 aromatic rings. The molecule has 8 nitrogen and oxygen atoms in total. The molecule has 4 rings (SSSR count). The van der Waals surface area contributed by atoms with Gasteiger partial charge in [0.05, 0.1) is 0 Å². The number of anilines is 1. The van der Waals surface area contributed by atoms with Crippen molar-refractivity contribution in [1.82, 2.24) is 25.5 Å². The van der Waals surface area contributed by atoms with Gasteiger partial charge in [0.2, 0.25) is 5.82 Å². The molecule has 0 bridgehead atoms. The fraction of sp³-hybridized carbons (Fsp3) is 0.267. The molecule has 0 spiro atoms. The third-order valence-corrected chi connectivity index (χ3v) is 4.06. The summed E-state index contributed by atoms with van der Waals surface area (Å²) in [7, 11) is 0. The lowest BCUT2D eigenvalue weighted by atomic mass is 10.1. The fourth-order valence-corrected chi connectivity index (χ4v) is 2.74. The van der Waals surface area contributed by atoms with Crippen LogP contribution in [0.15, 0.2) is 24.4 Å². The number of nitrogens with one attached hydrogen (secondary N) is 2. The highest BCUT2D eigenvalue weighted by Crippen LogP contribution is 2.37. The van der Waals surface area contributed by atoms with E-state index in [1.54, 1.807) is 0 Å². The summed E-state index contributed by atoms with van der Waals surface area (Å²) in [5.41, 5.74) is 2.77. The molecule has 1 aromatic carbocycles. The van der Waals surface area contributed by atoms with E-state index in [-0.39, 0.29) is 17.3 Å².